The molecule has 2 amide bonds. The highest BCUT2D eigenvalue weighted by Gasteiger charge is 2.26. The minimum atomic E-state index is -0.108. The molecule has 2 aliphatic heterocycles. The van der Waals surface area contributed by atoms with Gasteiger partial charge in [0.15, 0.2) is 0 Å². The molecule has 4 aromatic carbocycles. The predicted octanol–water partition coefficient (Wildman–Crippen LogP) is 10.2. The SMILES string of the molecule is CN1CCC(COc2cc3nccc(Oc4ccc5c(ccn5C(=O)NC5CC5)c4)c3cc2C#N)CC1.N#Cc1cc2c(Oc3ccc4c(ccn4C(=O)NC4CC4)c3)ccnc2cc1OCC1CCNCC1. The number of piperidine rings is 2. The summed E-state index contributed by atoms with van der Waals surface area (Å²) < 4.78 is 27.9. The zero-order valence-corrected chi connectivity index (χ0v) is 40.7. The first kappa shape index (κ1) is 47.2. The monoisotopic (exact) mass is 976 g/mol. The van der Waals surface area contributed by atoms with Crippen LogP contribution in [0.1, 0.15) is 62.5 Å². The molecular formula is C57H56N10O6. The van der Waals surface area contributed by atoms with Gasteiger partial charge in [-0.15, -0.1) is 0 Å². The third kappa shape index (κ3) is 10.9. The van der Waals surface area contributed by atoms with Gasteiger partial charge in [0.25, 0.3) is 0 Å². The second-order valence-electron chi connectivity index (χ2n) is 19.6. The molecule has 0 radical (unpaired) electrons. The molecule has 6 heterocycles. The normalized spacial score (nSPS) is 16.3. The number of benzene rings is 4. The maximum Gasteiger partial charge on any atom is 0.326 e. The number of pyridine rings is 2. The molecular weight excluding hydrogens is 921 g/mol. The predicted molar refractivity (Wildman–Crippen MR) is 278 cm³/mol. The molecule has 73 heavy (non-hydrogen) atoms. The molecule has 4 fully saturated rings. The van der Waals surface area contributed by atoms with Gasteiger partial charge in [0.2, 0.25) is 0 Å². The van der Waals surface area contributed by atoms with E-state index in [1.165, 1.54) is 0 Å². The van der Waals surface area contributed by atoms with E-state index in [0.717, 1.165) is 110 Å². The number of carbonyl (C=O) groups is 2. The molecule has 12 rings (SSSR count). The number of nitrogens with zero attached hydrogens (tertiary/aromatic N) is 7. The van der Waals surface area contributed by atoms with Crippen molar-refractivity contribution in [1.82, 2.24) is 40.0 Å². The van der Waals surface area contributed by atoms with Gasteiger partial charge in [-0.05, 0) is 169 Å². The average Bonchev–Trinajstić information content (AvgIpc) is 4.34. The lowest BCUT2D eigenvalue weighted by molar-refractivity contribution is 0.160. The fourth-order valence-corrected chi connectivity index (χ4v) is 9.50. The van der Waals surface area contributed by atoms with E-state index in [2.05, 4.69) is 50.0 Å². The lowest BCUT2D eigenvalue weighted by atomic mass is 9.98. The van der Waals surface area contributed by atoms with E-state index < -0.39 is 0 Å². The highest BCUT2D eigenvalue weighted by molar-refractivity contribution is 5.94. The van der Waals surface area contributed by atoms with Crippen LogP contribution in [0.4, 0.5) is 9.59 Å². The molecule has 8 aromatic rings. The van der Waals surface area contributed by atoms with Crippen molar-refractivity contribution in [3.63, 3.8) is 0 Å². The topological polar surface area (TPSA) is 194 Å². The van der Waals surface area contributed by atoms with Gasteiger partial charge in [-0.2, -0.15) is 10.5 Å². The van der Waals surface area contributed by atoms with Crippen LogP contribution in [0.2, 0.25) is 0 Å². The molecule has 4 aliphatic rings. The molecule has 0 spiro atoms. The number of nitrogens with one attached hydrogen (secondary N) is 3. The summed E-state index contributed by atoms with van der Waals surface area (Å²) in [6.07, 6.45) is 15.5. The van der Waals surface area contributed by atoms with E-state index in [1.54, 1.807) is 58.2 Å². The number of hydrogen-bond donors (Lipinski definition) is 3. The minimum Gasteiger partial charge on any atom is -0.492 e. The lowest BCUT2D eigenvalue weighted by Crippen LogP contribution is -2.32. The van der Waals surface area contributed by atoms with E-state index in [4.69, 9.17) is 18.9 Å². The Labute approximate surface area is 422 Å². The number of fused-ring (bicyclic) bond motifs is 4. The summed E-state index contributed by atoms with van der Waals surface area (Å²) in [7, 11) is 2.14. The molecule has 0 unspecified atom stereocenters. The number of amides is 2. The van der Waals surface area contributed by atoms with Crippen molar-refractivity contribution in [3.05, 3.63) is 121 Å². The first-order valence-electron chi connectivity index (χ1n) is 25.3. The molecule has 2 aliphatic carbocycles. The van der Waals surface area contributed by atoms with Crippen molar-refractivity contribution in [2.45, 2.75) is 63.5 Å². The first-order valence-corrected chi connectivity index (χ1v) is 25.3. The number of nitriles is 2. The first-order chi connectivity index (χ1) is 35.7. The van der Waals surface area contributed by atoms with Crippen LogP contribution >= 0.6 is 0 Å². The van der Waals surface area contributed by atoms with E-state index in [0.29, 0.717) is 93.8 Å². The average molecular weight is 977 g/mol. The van der Waals surface area contributed by atoms with Crippen molar-refractivity contribution >= 4 is 55.7 Å². The Morgan fingerprint density at radius 1 is 0.603 bits per heavy atom. The van der Waals surface area contributed by atoms with Crippen LogP contribution in [0.3, 0.4) is 0 Å². The van der Waals surface area contributed by atoms with Gasteiger partial charge in [0, 0.05) is 70.5 Å². The van der Waals surface area contributed by atoms with Crippen LogP contribution in [0.15, 0.2) is 110 Å². The third-order valence-corrected chi connectivity index (χ3v) is 14.1. The van der Waals surface area contributed by atoms with Gasteiger partial charge in [-0.1, -0.05) is 0 Å². The summed E-state index contributed by atoms with van der Waals surface area (Å²) in [6, 6.07) is 30.8. The van der Waals surface area contributed by atoms with Gasteiger partial charge in [-0.3, -0.25) is 19.1 Å². The fourth-order valence-electron chi connectivity index (χ4n) is 9.50. The second kappa shape index (κ2) is 20.9. The summed E-state index contributed by atoms with van der Waals surface area (Å²) in [6.45, 7) is 5.35. The lowest BCUT2D eigenvalue weighted by Gasteiger charge is -2.28. The molecule has 16 nitrogen and oxygen atoms in total. The van der Waals surface area contributed by atoms with Crippen LogP contribution in [-0.4, -0.2) is 94.6 Å². The second-order valence-corrected chi connectivity index (χ2v) is 19.6. The third-order valence-electron chi connectivity index (χ3n) is 14.1. The molecule has 16 heteroatoms. The molecule has 3 N–H and O–H groups in total. The quantitative estimate of drug-likeness (QED) is 0.105. The summed E-state index contributed by atoms with van der Waals surface area (Å²) in [4.78, 5) is 36.3. The van der Waals surface area contributed by atoms with Crippen molar-refractivity contribution in [2.24, 2.45) is 11.8 Å². The van der Waals surface area contributed by atoms with Gasteiger partial charge >= 0.3 is 12.1 Å². The molecule has 2 saturated heterocycles. The zero-order valence-electron chi connectivity index (χ0n) is 40.7. The summed E-state index contributed by atoms with van der Waals surface area (Å²) >= 11 is 0. The van der Waals surface area contributed by atoms with Crippen molar-refractivity contribution < 1.29 is 28.5 Å². The summed E-state index contributed by atoms with van der Waals surface area (Å²) in [5, 5.41) is 32.3. The molecule has 4 aromatic heterocycles. The standard InChI is InChI=1S/C29H29N5O3.C28H27N5O3/c1-33-11-7-19(8-12-33)18-36-28-16-25-24(15-21(28)17-30)27(6-10-31-25)37-23-4-5-26-20(14-23)9-13-34(26)29(35)32-22-2-3-22;29-16-20-14-23-24(15-27(20)35-17-18-5-9-30-10-6-18)31-11-7-26(23)36-22-3-4-25-19(13-22)8-12-33(25)28(34)32-21-1-2-21/h4-6,9-10,13-16,19,22H,2-3,7-8,11-12,18H2,1H3,(H,32,35);3-4,7-8,11-15,18,21,30H,1-2,5-6,9-10,17H2,(H,32,34). The molecule has 0 atom stereocenters. The Hall–Kier alpha value is -8.18. The smallest absolute Gasteiger partial charge is 0.326 e. The Kier molecular flexibility index (Phi) is 13.5. The van der Waals surface area contributed by atoms with Crippen LogP contribution in [-0.2, 0) is 0 Å². The molecule has 0 bridgehead atoms. The van der Waals surface area contributed by atoms with E-state index >= 15 is 0 Å². The number of rotatable bonds is 12. The molecule has 2 saturated carbocycles. The van der Waals surface area contributed by atoms with Crippen LogP contribution < -0.4 is 34.9 Å². The minimum absolute atomic E-state index is 0.107. The van der Waals surface area contributed by atoms with Crippen LogP contribution in [0.5, 0.6) is 34.5 Å². The zero-order chi connectivity index (χ0) is 49.8. The van der Waals surface area contributed by atoms with Crippen molar-refractivity contribution in [2.75, 3.05) is 46.4 Å². The number of aromatic nitrogens is 4. The van der Waals surface area contributed by atoms with Crippen molar-refractivity contribution in [3.8, 4) is 46.6 Å². The van der Waals surface area contributed by atoms with E-state index in [9.17, 15) is 20.1 Å². The number of ether oxygens (including phenoxy) is 4. The Morgan fingerprint density at radius 2 is 1.07 bits per heavy atom. The highest BCUT2D eigenvalue weighted by atomic mass is 16.5. The number of hydrogen-bond acceptors (Lipinski definition) is 12. The van der Waals surface area contributed by atoms with Crippen LogP contribution in [0, 0.1) is 34.5 Å². The Bertz CT molecular complexity index is 3440. The number of carbonyl (C=O) groups excluding carboxylic acids is 2. The van der Waals surface area contributed by atoms with E-state index in [-0.39, 0.29) is 12.1 Å². The maximum absolute atomic E-state index is 12.5. The molecule has 370 valence electrons. The summed E-state index contributed by atoms with van der Waals surface area (Å²) in [5.74, 6) is 4.58. The Balaban J connectivity index is 0.000000157. The fraction of sp³-hybridized carbons (Fsp3) is 0.333. The van der Waals surface area contributed by atoms with Gasteiger partial charge in [0.1, 0.15) is 46.6 Å². The van der Waals surface area contributed by atoms with Gasteiger partial charge < -0.3 is 39.8 Å². The largest absolute Gasteiger partial charge is 0.492 e. The number of likely N-dealkylation sites (tertiary alicyclic amines) is 1. The van der Waals surface area contributed by atoms with Gasteiger partial charge in [-0.25, -0.2) is 9.59 Å². The van der Waals surface area contributed by atoms with Crippen molar-refractivity contribution in [1.29, 1.82) is 10.5 Å². The highest BCUT2D eigenvalue weighted by Crippen LogP contribution is 2.37. The maximum atomic E-state index is 12.5. The summed E-state index contributed by atoms with van der Waals surface area (Å²) in [5.41, 5.74) is 3.98. The Morgan fingerprint density at radius 3 is 1.52 bits per heavy atom. The van der Waals surface area contributed by atoms with Gasteiger partial charge in [0.05, 0.1) is 46.4 Å². The van der Waals surface area contributed by atoms with Crippen LogP contribution in [0.25, 0.3) is 43.6 Å². The van der Waals surface area contributed by atoms with E-state index in [1.807, 2.05) is 60.7 Å².